The fraction of sp³-hybridized carbons (Fsp3) is 0.200. The Labute approximate surface area is 125 Å². The number of halogens is 2. The number of hydrogen-bond donors (Lipinski definition) is 0. The first kappa shape index (κ1) is 14.2. The Morgan fingerprint density at radius 3 is 2.68 bits per heavy atom. The summed E-state index contributed by atoms with van der Waals surface area (Å²) in [6.45, 7) is -2.92. The van der Waals surface area contributed by atoms with Crippen LogP contribution in [0.2, 0.25) is 0 Å². The highest BCUT2D eigenvalue weighted by atomic mass is 19.3. The van der Waals surface area contributed by atoms with E-state index < -0.39 is 6.61 Å². The largest absolute Gasteiger partial charge is 0.493 e. The molecular weight excluding hydrogens is 292 g/mol. The molecule has 0 aliphatic carbocycles. The molecule has 5 nitrogen and oxygen atoms in total. The van der Waals surface area contributed by atoms with Gasteiger partial charge in [-0.2, -0.15) is 8.78 Å². The van der Waals surface area contributed by atoms with Crippen LogP contribution >= 0.6 is 0 Å². The van der Waals surface area contributed by atoms with Gasteiger partial charge in [-0.3, -0.25) is 4.98 Å². The zero-order valence-electron chi connectivity index (χ0n) is 12.0. The van der Waals surface area contributed by atoms with E-state index in [4.69, 9.17) is 4.74 Å². The van der Waals surface area contributed by atoms with E-state index in [2.05, 4.69) is 14.7 Å². The van der Waals surface area contributed by atoms with Crippen molar-refractivity contribution in [2.75, 3.05) is 7.11 Å². The summed E-state index contributed by atoms with van der Waals surface area (Å²) in [6.07, 6.45) is 3.35. The number of methoxy groups -OCH3 is 1. The van der Waals surface area contributed by atoms with Gasteiger partial charge in [-0.1, -0.05) is 0 Å². The summed E-state index contributed by atoms with van der Waals surface area (Å²) < 4.78 is 36.4. The van der Waals surface area contributed by atoms with Crippen molar-refractivity contribution >= 4 is 11.0 Å². The zero-order valence-corrected chi connectivity index (χ0v) is 12.0. The molecular formula is C15H13F2N3O2. The van der Waals surface area contributed by atoms with Gasteiger partial charge in [-0.15, -0.1) is 0 Å². The van der Waals surface area contributed by atoms with E-state index in [1.54, 1.807) is 30.6 Å². The van der Waals surface area contributed by atoms with Crippen molar-refractivity contribution in [3.8, 4) is 22.9 Å². The number of nitrogens with zero attached hydrogens (tertiary/aromatic N) is 3. The predicted molar refractivity (Wildman–Crippen MR) is 77.1 cm³/mol. The van der Waals surface area contributed by atoms with Crippen LogP contribution in [0.5, 0.6) is 11.5 Å². The molecule has 2 aromatic heterocycles. The fourth-order valence-corrected chi connectivity index (χ4v) is 2.30. The third kappa shape index (κ3) is 2.45. The molecule has 22 heavy (non-hydrogen) atoms. The van der Waals surface area contributed by atoms with Gasteiger partial charge in [0, 0.05) is 18.8 Å². The maximum atomic E-state index is 12.5. The lowest BCUT2D eigenvalue weighted by molar-refractivity contribution is -0.0511. The van der Waals surface area contributed by atoms with Crippen LogP contribution in [0.1, 0.15) is 0 Å². The molecule has 0 fully saturated rings. The highest BCUT2D eigenvalue weighted by molar-refractivity contribution is 5.80. The Bertz CT molecular complexity index is 818. The summed E-state index contributed by atoms with van der Waals surface area (Å²) in [5.74, 6) is 0.842. The molecule has 0 amide bonds. The van der Waals surface area contributed by atoms with Crippen LogP contribution < -0.4 is 9.47 Å². The highest BCUT2D eigenvalue weighted by Gasteiger charge is 2.15. The predicted octanol–water partition coefficient (Wildman–Crippen LogP) is 3.25. The summed E-state index contributed by atoms with van der Waals surface area (Å²) in [6, 6.07) is 6.59. The molecule has 0 aliphatic rings. The van der Waals surface area contributed by atoms with Gasteiger partial charge >= 0.3 is 6.61 Å². The lowest BCUT2D eigenvalue weighted by atomic mass is 10.2. The zero-order chi connectivity index (χ0) is 15.7. The van der Waals surface area contributed by atoms with Gasteiger partial charge in [0.15, 0.2) is 11.5 Å². The number of aromatic nitrogens is 3. The molecule has 0 saturated carbocycles. The average Bonchev–Trinajstić information content (AvgIpc) is 2.84. The summed E-state index contributed by atoms with van der Waals surface area (Å²) in [4.78, 5) is 8.56. The first-order chi connectivity index (χ1) is 10.6. The second kappa shape index (κ2) is 5.59. The molecule has 0 aliphatic heterocycles. The van der Waals surface area contributed by atoms with E-state index in [-0.39, 0.29) is 11.5 Å². The van der Waals surface area contributed by atoms with E-state index >= 15 is 0 Å². The number of rotatable bonds is 4. The van der Waals surface area contributed by atoms with Gasteiger partial charge in [0.25, 0.3) is 0 Å². The fourth-order valence-electron chi connectivity index (χ4n) is 2.30. The Hall–Kier alpha value is -2.70. The minimum Gasteiger partial charge on any atom is -0.493 e. The summed E-state index contributed by atoms with van der Waals surface area (Å²) in [5.41, 5.74) is 2.28. The van der Waals surface area contributed by atoms with Crippen molar-refractivity contribution in [3.05, 3.63) is 36.7 Å². The third-order valence-electron chi connectivity index (χ3n) is 3.32. The van der Waals surface area contributed by atoms with Crippen molar-refractivity contribution in [2.45, 2.75) is 6.61 Å². The lowest BCUT2D eigenvalue weighted by Crippen LogP contribution is -2.04. The molecule has 0 saturated heterocycles. The van der Waals surface area contributed by atoms with E-state index in [1.807, 2.05) is 11.6 Å². The molecule has 3 rings (SSSR count). The van der Waals surface area contributed by atoms with Gasteiger partial charge in [-0.25, -0.2) is 4.98 Å². The number of aryl methyl sites for hydroxylation is 1. The normalized spacial score (nSPS) is 11.1. The number of alkyl halides is 2. The maximum Gasteiger partial charge on any atom is 0.387 e. The molecule has 0 radical (unpaired) electrons. The monoisotopic (exact) mass is 305 g/mol. The van der Waals surface area contributed by atoms with Crippen LogP contribution in [0, 0.1) is 0 Å². The quantitative estimate of drug-likeness (QED) is 0.742. The maximum absolute atomic E-state index is 12.5. The van der Waals surface area contributed by atoms with Crippen LogP contribution in [-0.4, -0.2) is 28.3 Å². The van der Waals surface area contributed by atoms with Crippen molar-refractivity contribution in [2.24, 2.45) is 7.05 Å². The molecule has 0 bridgehead atoms. The summed E-state index contributed by atoms with van der Waals surface area (Å²) in [5, 5.41) is 0. The van der Waals surface area contributed by atoms with E-state index in [0.717, 1.165) is 11.0 Å². The topological polar surface area (TPSA) is 49.2 Å². The van der Waals surface area contributed by atoms with E-state index in [0.29, 0.717) is 11.4 Å². The van der Waals surface area contributed by atoms with Crippen LogP contribution in [0.3, 0.4) is 0 Å². The van der Waals surface area contributed by atoms with Crippen molar-refractivity contribution in [1.82, 2.24) is 14.5 Å². The molecule has 3 aromatic rings. The van der Waals surface area contributed by atoms with Crippen molar-refractivity contribution in [1.29, 1.82) is 0 Å². The molecule has 0 N–H and O–H groups in total. The number of fused-ring (bicyclic) bond motifs is 1. The Morgan fingerprint density at radius 1 is 1.18 bits per heavy atom. The van der Waals surface area contributed by atoms with Gasteiger partial charge < -0.3 is 14.0 Å². The van der Waals surface area contributed by atoms with Crippen LogP contribution in [-0.2, 0) is 7.05 Å². The van der Waals surface area contributed by atoms with Crippen LogP contribution in [0.25, 0.3) is 22.4 Å². The Balaban J connectivity index is 2.12. The molecule has 114 valence electrons. The van der Waals surface area contributed by atoms with Gasteiger partial charge in [-0.05, 0) is 24.3 Å². The number of imidazole rings is 1. The molecule has 2 heterocycles. The second-order valence-corrected chi connectivity index (χ2v) is 4.60. The third-order valence-corrected chi connectivity index (χ3v) is 3.32. The minimum atomic E-state index is -2.92. The smallest absolute Gasteiger partial charge is 0.387 e. The molecule has 7 heteroatoms. The van der Waals surface area contributed by atoms with Gasteiger partial charge in [0.2, 0.25) is 0 Å². The second-order valence-electron chi connectivity index (χ2n) is 4.60. The SMILES string of the molecule is COc1ccc(-c2nc3ccncc3n2C)cc1OC(F)F. The Kier molecular flexibility index (Phi) is 3.62. The molecule has 0 atom stereocenters. The van der Waals surface area contributed by atoms with Crippen LogP contribution in [0.4, 0.5) is 8.78 Å². The van der Waals surface area contributed by atoms with Crippen molar-refractivity contribution in [3.63, 3.8) is 0 Å². The van der Waals surface area contributed by atoms with Crippen LogP contribution in [0.15, 0.2) is 36.7 Å². The highest BCUT2D eigenvalue weighted by Crippen LogP contribution is 2.34. The number of benzene rings is 1. The molecule has 0 spiro atoms. The number of ether oxygens (including phenoxy) is 2. The first-order valence-electron chi connectivity index (χ1n) is 6.50. The number of pyridine rings is 1. The summed E-state index contributed by atoms with van der Waals surface area (Å²) in [7, 11) is 3.23. The van der Waals surface area contributed by atoms with Gasteiger partial charge in [0.1, 0.15) is 5.82 Å². The molecule has 1 aromatic carbocycles. The van der Waals surface area contributed by atoms with E-state index in [1.165, 1.54) is 13.2 Å². The molecule has 0 unspecified atom stereocenters. The Morgan fingerprint density at radius 2 is 2.00 bits per heavy atom. The summed E-state index contributed by atoms with van der Waals surface area (Å²) >= 11 is 0. The standard InChI is InChI=1S/C15H13F2N3O2/c1-20-11-8-18-6-5-10(11)19-14(20)9-3-4-12(21-2)13(7-9)22-15(16)17/h3-8,15H,1-2H3. The van der Waals surface area contributed by atoms with E-state index in [9.17, 15) is 8.78 Å². The van der Waals surface area contributed by atoms with Gasteiger partial charge in [0.05, 0.1) is 24.3 Å². The average molecular weight is 305 g/mol. The lowest BCUT2D eigenvalue weighted by Gasteiger charge is -2.11. The first-order valence-corrected chi connectivity index (χ1v) is 6.50. The minimum absolute atomic E-state index is 0.0276. The van der Waals surface area contributed by atoms with Crippen molar-refractivity contribution < 1.29 is 18.3 Å². The number of hydrogen-bond acceptors (Lipinski definition) is 4.